The van der Waals surface area contributed by atoms with E-state index in [0.717, 1.165) is 43.5 Å². The van der Waals surface area contributed by atoms with Crippen molar-refractivity contribution in [3.05, 3.63) is 33.2 Å². The summed E-state index contributed by atoms with van der Waals surface area (Å²) in [6.45, 7) is 10.6. The standard InChI is InChI=1S/C36H50N6O7S2/c1-23(47-20-35-9-5-25(6-10-35)48-21-35)28(32(45)40-12-7-24(8-13-40)30-38-11-14-50-30)39-29(43)26-16-41(31(44)27-15-37-22-51-27)17-36(26)18-42(19-36)33(46)49-34(2,3)4/h11,14-15,22-26,28H,5-10,12-13,16-21H2,1-4H3,(H,39,43)/t23-,25?,26+,28+,35?/m1/s1. The maximum absolute atomic E-state index is 14.5. The molecule has 13 nitrogen and oxygen atoms in total. The number of nitrogens with zero attached hydrogens (tertiary/aromatic N) is 5. The summed E-state index contributed by atoms with van der Waals surface area (Å²) in [6, 6.07) is -0.920. The summed E-state index contributed by atoms with van der Waals surface area (Å²) in [5.74, 6) is -1.01. The molecule has 1 N–H and O–H groups in total. The number of likely N-dealkylation sites (tertiary alicyclic amines) is 3. The number of hydrogen-bond donors (Lipinski definition) is 1. The molecule has 5 aliphatic heterocycles. The molecule has 1 spiro atoms. The molecule has 2 aromatic heterocycles. The molecule has 1 saturated carbocycles. The number of fused-ring (bicyclic) bond motifs is 3. The molecule has 1 aliphatic carbocycles. The molecule has 0 unspecified atom stereocenters. The predicted octanol–water partition coefficient (Wildman–Crippen LogP) is 4.16. The van der Waals surface area contributed by atoms with Gasteiger partial charge in [0.2, 0.25) is 11.8 Å². The molecule has 15 heteroatoms. The minimum absolute atomic E-state index is 0.0727. The van der Waals surface area contributed by atoms with Crippen LogP contribution in [0.15, 0.2) is 23.3 Å². The van der Waals surface area contributed by atoms with Gasteiger partial charge in [-0.2, -0.15) is 0 Å². The Morgan fingerprint density at radius 2 is 1.76 bits per heavy atom. The lowest BCUT2D eigenvalue weighted by molar-refractivity contribution is -0.159. The second-order valence-corrected chi connectivity index (χ2v) is 18.1. The molecule has 7 heterocycles. The first-order valence-electron chi connectivity index (χ1n) is 18.2. The number of nitrogens with one attached hydrogen (secondary N) is 1. The van der Waals surface area contributed by atoms with Crippen LogP contribution < -0.4 is 5.32 Å². The van der Waals surface area contributed by atoms with Crippen molar-refractivity contribution in [3.8, 4) is 0 Å². The van der Waals surface area contributed by atoms with E-state index in [-0.39, 0.29) is 42.8 Å². The molecule has 4 amide bonds. The lowest BCUT2D eigenvalue weighted by Gasteiger charge is -2.50. The van der Waals surface area contributed by atoms with Crippen LogP contribution in [0, 0.1) is 16.7 Å². The summed E-state index contributed by atoms with van der Waals surface area (Å²) in [7, 11) is 0. The SMILES string of the molecule is C[C@@H](OCC12CCC(CC1)OC2)[C@H](NC(=O)[C@@H]1CN(C(=O)c2cncs2)CC12CN(C(=O)OC(C)(C)C)C2)C(=O)N1CCC(c2nccs2)CC1. The molecular weight excluding hydrogens is 693 g/mol. The molecular formula is C36H50N6O7S2. The molecule has 6 fully saturated rings. The second-order valence-electron chi connectivity index (χ2n) is 16.3. The first-order chi connectivity index (χ1) is 24.3. The van der Waals surface area contributed by atoms with Crippen molar-refractivity contribution < 1.29 is 33.4 Å². The lowest BCUT2D eigenvalue weighted by atomic mass is 9.71. The van der Waals surface area contributed by atoms with Crippen LogP contribution in [0.2, 0.25) is 0 Å². The zero-order valence-electron chi connectivity index (χ0n) is 30.0. The van der Waals surface area contributed by atoms with Crippen LogP contribution in [0.25, 0.3) is 0 Å². The van der Waals surface area contributed by atoms with Crippen LogP contribution in [-0.2, 0) is 23.8 Å². The van der Waals surface area contributed by atoms with Gasteiger partial charge in [-0.25, -0.2) is 9.78 Å². The van der Waals surface area contributed by atoms with E-state index >= 15 is 0 Å². The van der Waals surface area contributed by atoms with Crippen molar-refractivity contribution in [1.29, 1.82) is 0 Å². The highest BCUT2D eigenvalue weighted by Gasteiger charge is 2.60. The topological polar surface area (TPSA) is 144 Å². The fourth-order valence-corrected chi connectivity index (χ4v) is 9.86. The van der Waals surface area contributed by atoms with Crippen molar-refractivity contribution in [1.82, 2.24) is 30.0 Å². The van der Waals surface area contributed by atoms with E-state index in [9.17, 15) is 19.2 Å². The van der Waals surface area contributed by atoms with Crippen molar-refractivity contribution in [2.24, 2.45) is 16.7 Å². The number of piperidine rings is 1. The minimum atomic E-state index is -0.920. The molecule has 2 bridgehead atoms. The average molecular weight is 743 g/mol. The van der Waals surface area contributed by atoms with Crippen LogP contribution in [0.3, 0.4) is 0 Å². The summed E-state index contributed by atoms with van der Waals surface area (Å²) < 4.78 is 18.2. The molecule has 2 aromatic rings. The summed E-state index contributed by atoms with van der Waals surface area (Å²) in [6.07, 6.45) is 8.35. The summed E-state index contributed by atoms with van der Waals surface area (Å²) in [5, 5.41) is 6.22. The fourth-order valence-electron chi connectivity index (χ4n) is 8.46. The van der Waals surface area contributed by atoms with Gasteiger partial charge in [0.25, 0.3) is 5.91 Å². The maximum Gasteiger partial charge on any atom is 0.410 e. The molecule has 0 aromatic carbocycles. The predicted molar refractivity (Wildman–Crippen MR) is 190 cm³/mol. The molecule has 8 rings (SSSR count). The Kier molecular flexibility index (Phi) is 10.2. The number of rotatable bonds is 9. The summed E-state index contributed by atoms with van der Waals surface area (Å²) >= 11 is 2.90. The van der Waals surface area contributed by atoms with Gasteiger partial charge in [-0.15, -0.1) is 22.7 Å². The van der Waals surface area contributed by atoms with E-state index in [1.54, 1.807) is 26.6 Å². The Labute approximate surface area is 307 Å². The van der Waals surface area contributed by atoms with Gasteiger partial charge < -0.3 is 34.2 Å². The Morgan fingerprint density at radius 1 is 1.04 bits per heavy atom. The lowest BCUT2D eigenvalue weighted by Crippen LogP contribution is -2.65. The largest absolute Gasteiger partial charge is 0.444 e. The molecule has 0 radical (unpaired) electrons. The first-order valence-corrected chi connectivity index (χ1v) is 20.0. The normalized spacial score (nSPS) is 27.3. The molecule has 6 aliphatic rings. The van der Waals surface area contributed by atoms with E-state index in [1.165, 1.54) is 17.5 Å². The van der Waals surface area contributed by atoms with Crippen LogP contribution >= 0.6 is 22.7 Å². The molecule has 51 heavy (non-hydrogen) atoms. The number of thiazole rings is 2. The number of ether oxygens (including phenoxy) is 3. The van der Waals surface area contributed by atoms with E-state index < -0.39 is 35.2 Å². The van der Waals surface area contributed by atoms with Gasteiger partial charge in [-0.3, -0.25) is 19.4 Å². The van der Waals surface area contributed by atoms with Gasteiger partial charge in [0.05, 0.1) is 48.1 Å². The zero-order chi connectivity index (χ0) is 36.0. The third-order valence-electron chi connectivity index (χ3n) is 11.5. The molecule has 5 saturated heterocycles. The highest BCUT2D eigenvalue weighted by molar-refractivity contribution is 7.11. The van der Waals surface area contributed by atoms with Crippen LogP contribution in [-0.4, -0.2) is 125 Å². The number of amides is 4. The second kappa shape index (κ2) is 14.4. The average Bonchev–Trinajstić information content (AvgIpc) is 3.90. The third-order valence-corrected chi connectivity index (χ3v) is 13.2. The quantitative estimate of drug-likeness (QED) is 0.401. The van der Waals surface area contributed by atoms with E-state index in [0.29, 0.717) is 49.7 Å². The first kappa shape index (κ1) is 36.2. The fraction of sp³-hybridized carbons (Fsp3) is 0.722. The van der Waals surface area contributed by atoms with Crippen molar-refractivity contribution in [2.45, 2.75) is 96.0 Å². The Morgan fingerprint density at radius 3 is 2.37 bits per heavy atom. The zero-order valence-corrected chi connectivity index (χ0v) is 31.6. The van der Waals surface area contributed by atoms with Crippen molar-refractivity contribution in [3.63, 3.8) is 0 Å². The van der Waals surface area contributed by atoms with Crippen LogP contribution in [0.4, 0.5) is 4.79 Å². The van der Waals surface area contributed by atoms with Gasteiger partial charge in [-0.05, 0) is 66.2 Å². The number of hydrogen-bond acceptors (Lipinski definition) is 11. The molecule has 3 atom stereocenters. The third kappa shape index (κ3) is 7.67. The van der Waals surface area contributed by atoms with Gasteiger partial charge in [-0.1, -0.05) is 0 Å². The Balaban J connectivity index is 1.09. The maximum atomic E-state index is 14.5. The van der Waals surface area contributed by atoms with Crippen molar-refractivity contribution in [2.75, 3.05) is 52.5 Å². The van der Waals surface area contributed by atoms with Crippen LogP contribution in [0.5, 0.6) is 0 Å². The van der Waals surface area contributed by atoms with Gasteiger partial charge in [0.15, 0.2) is 0 Å². The smallest absolute Gasteiger partial charge is 0.410 e. The Bertz CT molecular complexity index is 1540. The summed E-state index contributed by atoms with van der Waals surface area (Å²) in [5.41, 5.74) is 0.194. The Hall–Kier alpha value is -3.14. The van der Waals surface area contributed by atoms with Gasteiger partial charge >= 0.3 is 6.09 Å². The highest BCUT2D eigenvalue weighted by Crippen LogP contribution is 2.46. The molecule has 278 valence electrons. The van der Waals surface area contributed by atoms with Crippen LogP contribution in [0.1, 0.15) is 86.8 Å². The number of aromatic nitrogens is 2. The number of carbonyl (C=O) groups excluding carboxylic acids is 4. The monoisotopic (exact) mass is 742 g/mol. The van der Waals surface area contributed by atoms with Gasteiger partial charge in [0.1, 0.15) is 16.5 Å². The van der Waals surface area contributed by atoms with E-state index in [4.69, 9.17) is 14.2 Å². The minimum Gasteiger partial charge on any atom is -0.444 e. The number of carbonyl (C=O) groups is 4. The summed E-state index contributed by atoms with van der Waals surface area (Å²) in [4.78, 5) is 69.6. The van der Waals surface area contributed by atoms with E-state index in [1.807, 2.05) is 44.2 Å². The van der Waals surface area contributed by atoms with Crippen molar-refractivity contribution >= 4 is 46.5 Å². The van der Waals surface area contributed by atoms with E-state index in [2.05, 4.69) is 15.3 Å². The van der Waals surface area contributed by atoms with Gasteiger partial charge in [0, 0.05) is 67.6 Å². The highest BCUT2D eigenvalue weighted by atomic mass is 32.1.